The van der Waals surface area contributed by atoms with Crippen molar-refractivity contribution in [2.45, 2.75) is 31.7 Å². The Morgan fingerprint density at radius 1 is 1.30 bits per heavy atom. The monoisotopic (exact) mass is 283 g/mol. The van der Waals surface area contributed by atoms with Gasteiger partial charge >= 0.3 is 6.03 Å². The van der Waals surface area contributed by atoms with Crippen molar-refractivity contribution in [2.24, 2.45) is 11.7 Å². The van der Waals surface area contributed by atoms with Gasteiger partial charge in [-0.1, -0.05) is 12.8 Å². The molecule has 0 bridgehead atoms. The predicted molar refractivity (Wildman–Crippen MR) is 73.3 cm³/mol. The van der Waals surface area contributed by atoms with Gasteiger partial charge in [0.25, 0.3) is 0 Å². The molecule has 2 atom stereocenters. The molecule has 0 spiro atoms. The highest BCUT2D eigenvalue weighted by atomic mass is 19.1. The zero-order valence-electron chi connectivity index (χ0n) is 11.2. The van der Waals surface area contributed by atoms with Crippen LogP contribution in [-0.2, 0) is 0 Å². The van der Waals surface area contributed by atoms with Crippen LogP contribution < -0.4 is 16.4 Å². The van der Waals surface area contributed by atoms with Gasteiger partial charge in [0.2, 0.25) is 0 Å². The van der Waals surface area contributed by atoms with Crippen molar-refractivity contribution in [1.82, 2.24) is 5.32 Å². The SMILES string of the molecule is NCC1CCCCC1NC(=O)Nc1ccc(F)cc1F. The summed E-state index contributed by atoms with van der Waals surface area (Å²) >= 11 is 0. The summed E-state index contributed by atoms with van der Waals surface area (Å²) in [5, 5.41) is 5.22. The molecule has 1 aliphatic rings. The first-order valence-electron chi connectivity index (χ1n) is 6.83. The number of urea groups is 1. The minimum atomic E-state index is -0.792. The molecule has 6 heteroatoms. The Morgan fingerprint density at radius 2 is 2.05 bits per heavy atom. The summed E-state index contributed by atoms with van der Waals surface area (Å²) in [6.07, 6.45) is 4.04. The number of amides is 2. The van der Waals surface area contributed by atoms with Crippen LogP contribution in [0.5, 0.6) is 0 Å². The number of hydrogen-bond acceptors (Lipinski definition) is 2. The van der Waals surface area contributed by atoms with Crippen LogP contribution in [0.15, 0.2) is 18.2 Å². The highest BCUT2D eigenvalue weighted by molar-refractivity contribution is 5.89. The molecule has 1 aromatic carbocycles. The van der Waals surface area contributed by atoms with Gasteiger partial charge in [-0.05, 0) is 37.4 Å². The van der Waals surface area contributed by atoms with E-state index in [4.69, 9.17) is 5.73 Å². The van der Waals surface area contributed by atoms with Crippen molar-refractivity contribution in [3.8, 4) is 0 Å². The summed E-state index contributed by atoms with van der Waals surface area (Å²) in [5.41, 5.74) is 5.65. The van der Waals surface area contributed by atoms with Crippen LogP contribution in [0.25, 0.3) is 0 Å². The molecule has 2 rings (SSSR count). The van der Waals surface area contributed by atoms with Crippen molar-refractivity contribution in [1.29, 1.82) is 0 Å². The molecule has 0 aliphatic heterocycles. The average molecular weight is 283 g/mol. The Hall–Kier alpha value is -1.69. The molecule has 1 fully saturated rings. The maximum absolute atomic E-state index is 13.4. The van der Waals surface area contributed by atoms with E-state index in [0.717, 1.165) is 37.8 Å². The minimum absolute atomic E-state index is 0.0114. The fourth-order valence-electron chi connectivity index (χ4n) is 2.60. The minimum Gasteiger partial charge on any atom is -0.335 e. The maximum atomic E-state index is 13.4. The number of carbonyl (C=O) groups is 1. The number of anilines is 1. The van der Waals surface area contributed by atoms with Gasteiger partial charge in [-0.2, -0.15) is 0 Å². The van der Waals surface area contributed by atoms with Crippen molar-refractivity contribution >= 4 is 11.7 Å². The lowest BCUT2D eigenvalue weighted by molar-refractivity contribution is 0.229. The molecule has 0 heterocycles. The van der Waals surface area contributed by atoms with Gasteiger partial charge in [0, 0.05) is 12.1 Å². The largest absolute Gasteiger partial charge is 0.335 e. The molecule has 2 amide bonds. The molecule has 1 aliphatic carbocycles. The number of rotatable bonds is 3. The van der Waals surface area contributed by atoms with Crippen molar-refractivity contribution in [3.63, 3.8) is 0 Å². The Kier molecular flexibility index (Phi) is 4.89. The quantitative estimate of drug-likeness (QED) is 0.798. The molecule has 110 valence electrons. The summed E-state index contributed by atoms with van der Waals surface area (Å²) in [6, 6.07) is 2.56. The van der Waals surface area contributed by atoms with E-state index in [1.165, 1.54) is 6.07 Å². The number of nitrogens with one attached hydrogen (secondary N) is 2. The van der Waals surface area contributed by atoms with Gasteiger partial charge in [-0.3, -0.25) is 0 Å². The van der Waals surface area contributed by atoms with Gasteiger partial charge in [0.1, 0.15) is 11.6 Å². The normalized spacial score (nSPS) is 22.4. The van der Waals surface area contributed by atoms with E-state index in [9.17, 15) is 13.6 Å². The molecule has 0 aromatic heterocycles. The van der Waals surface area contributed by atoms with E-state index in [2.05, 4.69) is 10.6 Å². The molecule has 4 nitrogen and oxygen atoms in total. The summed E-state index contributed by atoms with van der Waals surface area (Å²) < 4.78 is 26.2. The van der Waals surface area contributed by atoms with E-state index >= 15 is 0 Å². The topological polar surface area (TPSA) is 67.1 Å². The standard InChI is InChI=1S/C14H19F2N3O/c15-10-5-6-13(11(16)7-10)19-14(20)18-12-4-2-1-3-9(12)8-17/h5-7,9,12H,1-4,8,17H2,(H2,18,19,20). The molecule has 20 heavy (non-hydrogen) atoms. The number of halogens is 2. The van der Waals surface area contributed by atoms with Gasteiger partial charge in [0.15, 0.2) is 0 Å². The van der Waals surface area contributed by atoms with Crippen molar-refractivity contribution in [3.05, 3.63) is 29.8 Å². The Balaban J connectivity index is 1.94. The second-order valence-corrected chi connectivity index (χ2v) is 5.11. The number of carbonyl (C=O) groups excluding carboxylic acids is 1. The molecule has 0 radical (unpaired) electrons. The zero-order valence-corrected chi connectivity index (χ0v) is 11.2. The third kappa shape index (κ3) is 3.66. The highest BCUT2D eigenvalue weighted by Crippen LogP contribution is 2.23. The number of hydrogen-bond donors (Lipinski definition) is 3. The van der Waals surface area contributed by atoms with Crippen LogP contribution in [0, 0.1) is 17.6 Å². The van der Waals surface area contributed by atoms with Crippen LogP contribution in [-0.4, -0.2) is 18.6 Å². The number of nitrogens with two attached hydrogens (primary N) is 1. The summed E-state index contributed by atoms with van der Waals surface area (Å²) in [7, 11) is 0. The highest BCUT2D eigenvalue weighted by Gasteiger charge is 2.25. The molecule has 1 saturated carbocycles. The van der Waals surface area contributed by atoms with Gasteiger partial charge in [0.05, 0.1) is 5.69 Å². The van der Waals surface area contributed by atoms with E-state index in [-0.39, 0.29) is 17.6 Å². The van der Waals surface area contributed by atoms with E-state index < -0.39 is 17.7 Å². The summed E-state index contributed by atoms with van der Waals surface area (Å²) in [5.74, 6) is -1.21. The second kappa shape index (κ2) is 6.65. The van der Waals surface area contributed by atoms with Gasteiger partial charge in [-0.15, -0.1) is 0 Å². The first-order valence-corrected chi connectivity index (χ1v) is 6.83. The lowest BCUT2D eigenvalue weighted by Gasteiger charge is -2.31. The molecule has 1 aromatic rings. The first kappa shape index (κ1) is 14.7. The van der Waals surface area contributed by atoms with Crippen molar-refractivity contribution < 1.29 is 13.6 Å². The summed E-state index contributed by atoms with van der Waals surface area (Å²) in [4.78, 5) is 11.9. The molecule has 4 N–H and O–H groups in total. The van der Waals surface area contributed by atoms with E-state index in [1.807, 2.05) is 0 Å². The zero-order chi connectivity index (χ0) is 14.5. The van der Waals surface area contributed by atoms with Crippen LogP contribution in [0.2, 0.25) is 0 Å². The Morgan fingerprint density at radius 3 is 2.75 bits per heavy atom. The van der Waals surface area contributed by atoms with Crippen LogP contribution >= 0.6 is 0 Å². The van der Waals surface area contributed by atoms with Crippen LogP contribution in [0.3, 0.4) is 0 Å². The van der Waals surface area contributed by atoms with Crippen LogP contribution in [0.1, 0.15) is 25.7 Å². The predicted octanol–water partition coefficient (Wildman–Crippen LogP) is 2.60. The van der Waals surface area contributed by atoms with Gasteiger partial charge < -0.3 is 16.4 Å². The van der Waals surface area contributed by atoms with Crippen LogP contribution in [0.4, 0.5) is 19.3 Å². The Bertz CT molecular complexity index is 481. The lowest BCUT2D eigenvalue weighted by Crippen LogP contribution is -2.46. The van der Waals surface area contributed by atoms with Crippen molar-refractivity contribution in [2.75, 3.05) is 11.9 Å². The Labute approximate surface area is 116 Å². The average Bonchev–Trinajstić information content (AvgIpc) is 2.42. The first-order chi connectivity index (χ1) is 9.60. The lowest BCUT2D eigenvalue weighted by atomic mass is 9.84. The third-order valence-electron chi connectivity index (χ3n) is 3.71. The van der Waals surface area contributed by atoms with E-state index in [1.54, 1.807) is 0 Å². The molecule has 2 unspecified atom stereocenters. The third-order valence-corrected chi connectivity index (χ3v) is 3.71. The molecular formula is C14H19F2N3O. The molecular weight excluding hydrogens is 264 g/mol. The number of benzene rings is 1. The fourth-order valence-corrected chi connectivity index (χ4v) is 2.60. The van der Waals surface area contributed by atoms with E-state index in [0.29, 0.717) is 6.54 Å². The smallest absolute Gasteiger partial charge is 0.319 e. The summed E-state index contributed by atoms with van der Waals surface area (Å²) in [6.45, 7) is 0.524. The molecule has 0 saturated heterocycles. The fraction of sp³-hybridized carbons (Fsp3) is 0.500. The van der Waals surface area contributed by atoms with Gasteiger partial charge in [-0.25, -0.2) is 13.6 Å². The maximum Gasteiger partial charge on any atom is 0.319 e. The second-order valence-electron chi connectivity index (χ2n) is 5.11.